The van der Waals surface area contributed by atoms with Crippen molar-refractivity contribution in [1.29, 1.82) is 0 Å². The molecule has 0 amide bonds. The molecule has 0 aromatic heterocycles. The van der Waals surface area contributed by atoms with Crippen LogP contribution in [0.2, 0.25) is 0 Å². The third kappa shape index (κ3) is 6.86. The molecule has 1 unspecified atom stereocenters. The summed E-state index contributed by atoms with van der Waals surface area (Å²) in [6.07, 6.45) is 0. The van der Waals surface area contributed by atoms with E-state index in [1.165, 1.54) is 99.4 Å². The lowest BCUT2D eigenvalue weighted by Crippen LogP contribution is -2.28. The molecule has 1 atom stereocenters. The van der Waals surface area contributed by atoms with Gasteiger partial charge >= 0.3 is 0 Å². The lowest BCUT2D eigenvalue weighted by Gasteiger charge is -2.34. The Hall–Kier alpha value is -9.04. The summed E-state index contributed by atoms with van der Waals surface area (Å²) in [5.74, 6) is 0. The van der Waals surface area contributed by atoms with Crippen molar-refractivity contribution >= 4 is 38.6 Å². The predicted octanol–water partition coefficient (Wildman–Crippen LogP) is 18.5. The largest absolute Gasteiger partial charge is 0.311 e. The lowest BCUT2D eigenvalue weighted by atomic mass is 9.67. The third-order valence-electron chi connectivity index (χ3n) is 14.6. The zero-order valence-electron chi connectivity index (χ0n) is 38.6. The Kier molecular flexibility index (Phi) is 10.1. The van der Waals surface area contributed by atoms with E-state index in [1.807, 2.05) is 0 Å². The van der Waals surface area contributed by atoms with E-state index in [1.54, 1.807) is 0 Å². The Balaban J connectivity index is 0.926. The number of rotatable bonds is 9. The highest BCUT2D eigenvalue weighted by atomic mass is 15.1. The number of hydrogen-bond donors (Lipinski definition) is 0. The van der Waals surface area contributed by atoms with Crippen molar-refractivity contribution in [3.63, 3.8) is 0 Å². The van der Waals surface area contributed by atoms with Gasteiger partial charge in [-0.15, -0.1) is 0 Å². The molecule has 0 N–H and O–H groups in total. The van der Waals surface area contributed by atoms with Crippen LogP contribution in [0.1, 0.15) is 22.3 Å². The number of anilines is 3. The van der Waals surface area contributed by atoms with E-state index in [9.17, 15) is 0 Å². The number of nitrogens with zero attached hydrogens (tertiary/aromatic N) is 1. The monoisotopic (exact) mass is 889 g/mol. The summed E-state index contributed by atoms with van der Waals surface area (Å²) in [7, 11) is 0. The smallest absolute Gasteiger partial charge is 0.0713 e. The van der Waals surface area contributed by atoms with Gasteiger partial charge in [-0.3, -0.25) is 0 Å². The zero-order chi connectivity index (χ0) is 46.4. The van der Waals surface area contributed by atoms with Crippen molar-refractivity contribution in [3.8, 4) is 55.6 Å². The first-order valence-electron chi connectivity index (χ1n) is 24.2. The molecule has 0 spiro atoms. The second-order valence-electron chi connectivity index (χ2n) is 18.4. The Morgan fingerprint density at radius 2 is 0.600 bits per heavy atom. The highest BCUT2D eigenvalue weighted by Gasteiger charge is 2.46. The van der Waals surface area contributed by atoms with Gasteiger partial charge in [0.2, 0.25) is 0 Å². The van der Waals surface area contributed by atoms with E-state index in [0.717, 1.165) is 17.1 Å². The second kappa shape index (κ2) is 17.2. The van der Waals surface area contributed by atoms with Crippen molar-refractivity contribution in [2.24, 2.45) is 0 Å². The van der Waals surface area contributed by atoms with Crippen LogP contribution in [0.25, 0.3) is 77.2 Å². The first kappa shape index (κ1) is 41.2. The van der Waals surface area contributed by atoms with Gasteiger partial charge in [-0.25, -0.2) is 0 Å². The molecule has 0 radical (unpaired) electrons. The van der Waals surface area contributed by atoms with Crippen LogP contribution in [0.5, 0.6) is 0 Å². The van der Waals surface area contributed by atoms with E-state index < -0.39 is 5.41 Å². The van der Waals surface area contributed by atoms with E-state index in [-0.39, 0.29) is 0 Å². The van der Waals surface area contributed by atoms with E-state index in [2.05, 4.69) is 290 Å². The maximum atomic E-state index is 2.38. The molecule has 1 aliphatic carbocycles. The van der Waals surface area contributed by atoms with Crippen molar-refractivity contribution < 1.29 is 0 Å². The fourth-order valence-corrected chi connectivity index (χ4v) is 11.4. The molecular weight excluding hydrogens is 843 g/mol. The van der Waals surface area contributed by atoms with E-state index in [0.29, 0.717) is 0 Å². The molecule has 12 aromatic carbocycles. The Morgan fingerprint density at radius 3 is 1.17 bits per heavy atom. The van der Waals surface area contributed by atoms with Gasteiger partial charge in [0.15, 0.2) is 0 Å². The molecule has 13 rings (SSSR count). The average Bonchev–Trinajstić information content (AvgIpc) is 3.75. The predicted molar refractivity (Wildman–Crippen MR) is 295 cm³/mol. The standard InChI is InChI=1S/C69H47N/c1-3-16-48(17-4-1)49-32-40-56(41-33-49)69(55-22-5-2-6-23-55)66-30-12-11-26-65(66)68-64(29-15-31-67(68)69)54-38-46-59(47-39-54)70(57-42-34-52(35-43-57)62-27-13-20-50-18-7-9-24-60(50)62)58-44-36-53(37-45-58)63-28-14-21-51-19-8-10-25-61(51)63/h1-47H. The average molecular weight is 890 g/mol. The minimum absolute atomic E-state index is 0.508. The van der Waals surface area contributed by atoms with Crippen LogP contribution in [0.3, 0.4) is 0 Å². The number of benzene rings is 12. The SMILES string of the molecule is c1ccc(-c2ccc(C3(c4ccccc4)c4ccccc4-c4c(-c5ccc(N(c6ccc(-c7cccc8ccccc78)cc6)c6ccc(-c7cccc8ccccc78)cc6)cc5)cccc43)cc2)cc1. The van der Waals surface area contributed by atoms with Gasteiger partial charge in [0.05, 0.1) is 5.41 Å². The minimum Gasteiger partial charge on any atom is -0.311 e. The fraction of sp³-hybridized carbons (Fsp3) is 0.0145. The number of hydrogen-bond acceptors (Lipinski definition) is 1. The third-order valence-corrected chi connectivity index (χ3v) is 14.6. The maximum Gasteiger partial charge on any atom is 0.0713 e. The molecule has 328 valence electrons. The van der Waals surface area contributed by atoms with Crippen LogP contribution in [-0.2, 0) is 5.41 Å². The normalized spacial score (nSPS) is 13.8. The molecule has 0 saturated heterocycles. The van der Waals surface area contributed by atoms with Gasteiger partial charge in [0.25, 0.3) is 0 Å². The summed E-state index contributed by atoms with van der Waals surface area (Å²) in [4.78, 5) is 2.38. The number of fused-ring (bicyclic) bond motifs is 5. The molecule has 0 bridgehead atoms. The summed E-state index contributed by atoms with van der Waals surface area (Å²) >= 11 is 0. The molecule has 1 aliphatic rings. The van der Waals surface area contributed by atoms with Crippen molar-refractivity contribution in [3.05, 3.63) is 307 Å². The van der Waals surface area contributed by atoms with Gasteiger partial charge in [0.1, 0.15) is 0 Å². The highest BCUT2D eigenvalue weighted by molar-refractivity contribution is 5.99. The van der Waals surface area contributed by atoms with Crippen LogP contribution in [-0.4, -0.2) is 0 Å². The highest BCUT2D eigenvalue weighted by Crippen LogP contribution is 2.58. The van der Waals surface area contributed by atoms with Crippen LogP contribution in [0.15, 0.2) is 285 Å². The van der Waals surface area contributed by atoms with Crippen molar-refractivity contribution in [2.45, 2.75) is 5.41 Å². The zero-order valence-corrected chi connectivity index (χ0v) is 38.6. The summed E-state index contributed by atoms with van der Waals surface area (Å²) in [6, 6.07) is 105. The fourth-order valence-electron chi connectivity index (χ4n) is 11.4. The first-order chi connectivity index (χ1) is 34.7. The Bertz CT molecular complexity index is 3700. The molecular formula is C69H47N. The van der Waals surface area contributed by atoms with Gasteiger partial charge in [-0.2, -0.15) is 0 Å². The summed E-state index contributed by atoms with van der Waals surface area (Å²) < 4.78 is 0. The lowest BCUT2D eigenvalue weighted by molar-refractivity contribution is 0.769. The molecule has 1 heteroatoms. The molecule has 0 heterocycles. The molecule has 70 heavy (non-hydrogen) atoms. The topological polar surface area (TPSA) is 3.24 Å². The van der Waals surface area contributed by atoms with E-state index in [4.69, 9.17) is 0 Å². The molecule has 1 nitrogen and oxygen atoms in total. The van der Waals surface area contributed by atoms with Crippen LogP contribution in [0, 0.1) is 0 Å². The maximum absolute atomic E-state index is 2.38. The summed E-state index contributed by atoms with van der Waals surface area (Å²) in [6.45, 7) is 0. The van der Waals surface area contributed by atoms with Crippen molar-refractivity contribution in [2.75, 3.05) is 4.90 Å². The minimum atomic E-state index is -0.508. The quantitative estimate of drug-likeness (QED) is 0.140. The molecule has 12 aromatic rings. The van der Waals surface area contributed by atoms with Crippen LogP contribution >= 0.6 is 0 Å². The second-order valence-corrected chi connectivity index (χ2v) is 18.4. The molecule has 0 fully saturated rings. The summed E-state index contributed by atoms with van der Waals surface area (Å²) in [5.41, 5.74) is 20.1. The Labute approximate surface area is 409 Å². The van der Waals surface area contributed by atoms with Crippen LogP contribution < -0.4 is 4.90 Å². The van der Waals surface area contributed by atoms with Gasteiger partial charge in [-0.1, -0.05) is 249 Å². The Morgan fingerprint density at radius 1 is 0.229 bits per heavy atom. The van der Waals surface area contributed by atoms with Crippen LogP contribution in [0.4, 0.5) is 17.1 Å². The molecule has 0 saturated carbocycles. The van der Waals surface area contributed by atoms with Crippen molar-refractivity contribution in [1.82, 2.24) is 0 Å². The summed E-state index contributed by atoms with van der Waals surface area (Å²) in [5, 5.41) is 5.00. The van der Waals surface area contributed by atoms with E-state index >= 15 is 0 Å². The van der Waals surface area contributed by atoms with Gasteiger partial charge < -0.3 is 4.90 Å². The van der Waals surface area contributed by atoms with Gasteiger partial charge in [0, 0.05) is 17.1 Å². The molecule has 0 aliphatic heterocycles. The van der Waals surface area contributed by atoms with Gasteiger partial charge in [-0.05, 0) is 136 Å². The first-order valence-corrected chi connectivity index (χ1v) is 24.2.